The molecule has 0 atom stereocenters. The van der Waals surface area contributed by atoms with Crippen molar-refractivity contribution >= 4 is 34.6 Å². The molecule has 3 rings (SSSR count). The van der Waals surface area contributed by atoms with Gasteiger partial charge in [0.05, 0.1) is 13.0 Å². The number of hydrogen-bond donors (Lipinski definition) is 1. The molecule has 8 heteroatoms. The fourth-order valence-corrected chi connectivity index (χ4v) is 2.70. The number of nitrogens with one attached hydrogen (secondary N) is 1. The lowest BCUT2D eigenvalue weighted by Crippen LogP contribution is -2.37. The zero-order valence-corrected chi connectivity index (χ0v) is 16.9. The second-order valence-corrected chi connectivity index (χ2v) is 6.90. The fourth-order valence-electron chi connectivity index (χ4n) is 2.70. The van der Waals surface area contributed by atoms with Gasteiger partial charge in [0.1, 0.15) is 5.52 Å². The van der Waals surface area contributed by atoms with Crippen LogP contribution in [0.5, 0.6) is 0 Å². The number of benzene rings is 2. The first-order valence-electron chi connectivity index (χ1n) is 9.51. The first-order chi connectivity index (χ1) is 14.4. The number of para-hydroxylation sites is 2. The van der Waals surface area contributed by atoms with E-state index in [1.807, 2.05) is 37.3 Å². The topological polar surface area (TPSA) is 102 Å². The molecule has 30 heavy (non-hydrogen) atoms. The van der Waals surface area contributed by atoms with Gasteiger partial charge in [-0.15, -0.1) is 0 Å². The zero-order chi connectivity index (χ0) is 21.5. The fraction of sp³-hybridized carbons (Fsp3) is 0.273. The van der Waals surface area contributed by atoms with Crippen LogP contribution in [-0.4, -0.2) is 47.9 Å². The predicted molar refractivity (Wildman–Crippen MR) is 111 cm³/mol. The van der Waals surface area contributed by atoms with E-state index in [1.54, 1.807) is 18.2 Å². The predicted octanol–water partition coefficient (Wildman–Crippen LogP) is 2.71. The van der Waals surface area contributed by atoms with Crippen LogP contribution >= 0.6 is 0 Å². The van der Waals surface area contributed by atoms with Gasteiger partial charge in [0, 0.05) is 19.2 Å². The van der Waals surface area contributed by atoms with Crippen molar-refractivity contribution < 1.29 is 23.5 Å². The molecule has 2 amide bonds. The van der Waals surface area contributed by atoms with Crippen LogP contribution in [0.2, 0.25) is 0 Å². The minimum absolute atomic E-state index is 0.0394. The molecule has 2 aromatic carbocycles. The van der Waals surface area contributed by atoms with Gasteiger partial charge in [-0.1, -0.05) is 29.8 Å². The quantitative estimate of drug-likeness (QED) is 0.574. The Bertz CT molecular complexity index is 1010. The van der Waals surface area contributed by atoms with Crippen LogP contribution in [0.1, 0.15) is 17.9 Å². The summed E-state index contributed by atoms with van der Waals surface area (Å²) in [4.78, 5) is 41.6. The summed E-state index contributed by atoms with van der Waals surface area (Å²) in [6.45, 7) is 1.38. The van der Waals surface area contributed by atoms with Gasteiger partial charge in [-0.3, -0.25) is 14.4 Å². The number of anilines is 1. The molecular weight excluding hydrogens is 386 g/mol. The molecule has 0 fully saturated rings. The lowest BCUT2D eigenvalue weighted by Gasteiger charge is -2.16. The Kier molecular flexibility index (Phi) is 6.79. The summed E-state index contributed by atoms with van der Waals surface area (Å²) >= 11 is 0. The van der Waals surface area contributed by atoms with E-state index >= 15 is 0 Å². The summed E-state index contributed by atoms with van der Waals surface area (Å²) in [7, 11) is 1.48. The molecule has 8 nitrogen and oxygen atoms in total. The highest BCUT2D eigenvalue weighted by Crippen LogP contribution is 2.15. The number of esters is 1. The van der Waals surface area contributed by atoms with Gasteiger partial charge in [0.15, 0.2) is 18.1 Å². The van der Waals surface area contributed by atoms with Crippen molar-refractivity contribution in [3.8, 4) is 0 Å². The number of nitrogens with zero attached hydrogens (tertiary/aromatic N) is 2. The Balaban J connectivity index is 1.38. The van der Waals surface area contributed by atoms with Crippen molar-refractivity contribution in [2.24, 2.45) is 0 Å². The number of aryl methyl sites for hydroxylation is 2. The molecule has 1 aromatic heterocycles. The SMILES string of the molecule is Cc1ccc(NC(=O)CN(C)C(=O)COC(=O)CCc2nc3ccccc3o2)cc1. The number of rotatable bonds is 8. The van der Waals surface area contributed by atoms with Gasteiger partial charge >= 0.3 is 5.97 Å². The van der Waals surface area contributed by atoms with E-state index in [0.29, 0.717) is 17.2 Å². The molecule has 0 aliphatic carbocycles. The summed E-state index contributed by atoms with van der Waals surface area (Å²) < 4.78 is 10.5. The number of likely N-dealkylation sites (N-methyl/N-ethyl adjacent to an activating group) is 1. The van der Waals surface area contributed by atoms with E-state index in [1.165, 1.54) is 11.9 Å². The highest BCUT2D eigenvalue weighted by Gasteiger charge is 2.16. The Labute approximate surface area is 173 Å². The van der Waals surface area contributed by atoms with Crippen molar-refractivity contribution in [1.29, 1.82) is 0 Å². The number of hydrogen-bond acceptors (Lipinski definition) is 6. The molecule has 0 radical (unpaired) electrons. The van der Waals surface area contributed by atoms with Crippen LogP contribution in [-0.2, 0) is 25.5 Å². The number of carbonyl (C=O) groups excluding carboxylic acids is 3. The van der Waals surface area contributed by atoms with Crippen LogP contribution in [0.25, 0.3) is 11.1 Å². The molecule has 0 unspecified atom stereocenters. The minimum Gasteiger partial charge on any atom is -0.456 e. The zero-order valence-electron chi connectivity index (χ0n) is 16.9. The molecule has 3 aromatic rings. The van der Waals surface area contributed by atoms with Crippen molar-refractivity contribution in [2.75, 3.05) is 25.5 Å². The molecule has 1 heterocycles. The highest BCUT2D eigenvalue weighted by atomic mass is 16.5. The summed E-state index contributed by atoms with van der Waals surface area (Å²) in [6.07, 6.45) is 0.314. The average Bonchev–Trinajstić information content (AvgIpc) is 3.15. The van der Waals surface area contributed by atoms with Crippen LogP contribution in [0, 0.1) is 6.92 Å². The summed E-state index contributed by atoms with van der Waals surface area (Å²) in [5, 5.41) is 2.71. The molecule has 0 bridgehead atoms. The molecular formula is C22H23N3O5. The summed E-state index contributed by atoms with van der Waals surface area (Å²) in [5.41, 5.74) is 3.11. The van der Waals surface area contributed by atoms with Gasteiger partial charge < -0.3 is 19.4 Å². The first-order valence-corrected chi connectivity index (χ1v) is 9.51. The second-order valence-electron chi connectivity index (χ2n) is 6.90. The van der Waals surface area contributed by atoms with E-state index in [4.69, 9.17) is 9.15 Å². The van der Waals surface area contributed by atoms with Crippen molar-refractivity contribution in [3.05, 3.63) is 60.0 Å². The minimum atomic E-state index is -0.539. The number of carbonyl (C=O) groups is 3. The van der Waals surface area contributed by atoms with E-state index in [9.17, 15) is 14.4 Å². The molecule has 1 N–H and O–H groups in total. The van der Waals surface area contributed by atoms with E-state index in [-0.39, 0.29) is 25.3 Å². The van der Waals surface area contributed by atoms with E-state index in [2.05, 4.69) is 10.3 Å². The van der Waals surface area contributed by atoms with Crippen molar-refractivity contribution in [3.63, 3.8) is 0 Å². The molecule has 0 spiro atoms. The van der Waals surface area contributed by atoms with Gasteiger partial charge in [-0.2, -0.15) is 0 Å². The van der Waals surface area contributed by atoms with Crippen LogP contribution in [0.3, 0.4) is 0 Å². The highest BCUT2D eigenvalue weighted by molar-refractivity contribution is 5.94. The van der Waals surface area contributed by atoms with E-state index in [0.717, 1.165) is 11.1 Å². The Hall–Kier alpha value is -3.68. The average molecular weight is 409 g/mol. The number of amides is 2. The largest absolute Gasteiger partial charge is 0.456 e. The van der Waals surface area contributed by atoms with Crippen LogP contribution in [0.15, 0.2) is 52.9 Å². The maximum absolute atomic E-state index is 12.1. The van der Waals surface area contributed by atoms with Crippen molar-refractivity contribution in [2.45, 2.75) is 19.8 Å². The van der Waals surface area contributed by atoms with Gasteiger partial charge in [0.25, 0.3) is 5.91 Å². The lowest BCUT2D eigenvalue weighted by molar-refractivity contribution is -0.151. The second kappa shape index (κ2) is 9.69. The molecule has 0 saturated heterocycles. The summed E-state index contributed by atoms with van der Waals surface area (Å²) in [5.74, 6) is -0.909. The lowest BCUT2D eigenvalue weighted by atomic mass is 10.2. The Morgan fingerprint density at radius 3 is 2.57 bits per heavy atom. The van der Waals surface area contributed by atoms with Crippen molar-refractivity contribution in [1.82, 2.24) is 9.88 Å². The standard InChI is InChI=1S/C22H23N3O5/c1-15-7-9-16(10-8-15)23-19(26)13-25(2)21(27)14-29-22(28)12-11-20-24-17-5-3-4-6-18(17)30-20/h3-10H,11-14H2,1-2H3,(H,23,26). The van der Waals surface area contributed by atoms with Crippen LogP contribution < -0.4 is 5.32 Å². The summed E-state index contributed by atoms with van der Waals surface area (Å²) in [6, 6.07) is 14.6. The normalized spacial score (nSPS) is 10.6. The maximum Gasteiger partial charge on any atom is 0.306 e. The molecule has 0 aliphatic heterocycles. The number of fused-ring (bicyclic) bond motifs is 1. The third-order valence-electron chi connectivity index (χ3n) is 4.38. The van der Waals surface area contributed by atoms with Gasteiger partial charge in [-0.05, 0) is 31.2 Å². The smallest absolute Gasteiger partial charge is 0.306 e. The Morgan fingerprint density at radius 2 is 1.83 bits per heavy atom. The third-order valence-corrected chi connectivity index (χ3v) is 4.38. The number of ether oxygens (including phenoxy) is 1. The van der Waals surface area contributed by atoms with Crippen LogP contribution in [0.4, 0.5) is 5.69 Å². The van der Waals surface area contributed by atoms with Gasteiger partial charge in [0.2, 0.25) is 5.91 Å². The molecule has 0 aliphatic rings. The number of aromatic nitrogens is 1. The molecule has 0 saturated carbocycles. The Morgan fingerprint density at radius 1 is 1.10 bits per heavy atom. The third kappa shape index (κ3) is 5.91. The monoisotopic (exact) mass is 409 g/mol. The molecule has 156 valence electrons. The first kappa shape index (κ1) is 21.0. The maximum atomic E-state index is 12.1. The number of oxazole rings is 1. The van der Waals surface area contributed by atoms with Gasteiger partial charge in [-0.25, -0.2) is 4.98 Å². The van der Waals surface area contributed by atoms with E-state index < -0.39 is 18.5 Å².